The molecular formula is C21H24BrN5O2. The van der Waals surface area contributed by atoms with Crippen LogP contribution >= 0.6 is 15.9 Å². The average molecular weight is 458 g/mol. The van der Waals surface area contributed by atoms with E-state index in [2.05, 4.69) is 36.2 Å². The number of carbonyl (C=O) groups excluding carboxylic acids is 1. The van der Waals surface area contributed by atoms with E-state index in [1.54, 1.807) is 23.3 Å². The maximum Gasteiger partial charge on any atom is 0.270 e. The van der Waals surface area contributed by atoms with Gasteiger partial charge >= 0.3 is 0 Å². The Morgan fingerprint density at radius 3 is 2.66 bits per heavy atom. The van der Waals surface area contributed by atoms with Gasteiger partial charge in [0.25, 0.3) is 5.91 Å². The minimum atomic E-state index is -0.677. The van der Waals surface area contributed by atoms with Gasteiger partial charge in [-0.25, -0.2) is 15.0 Å². The van der Waals surface area contributed by atoms with E-state index in [-0.39, 0.29) is 17.9 Å². The molecule has 2 N–H and O–H groups in total. The number of imidazole rings is 1. The SMILES string of the molecule is CC(C)(O)C1CCC(NC(=O)c2nc(-n3ccnc3)nc3c(Br)cccc23)CC1. The zero-order chi connectivity index (χ0) is 20.6. The molecule has 1 aliphatic carbocycles. The van der Waals surface area contributed by atoms with Gasteiger partial charge < -0.3 is 10.4 Å². The lowest BCUT2D eigenvalue weighted by Crippen LogP contribution is -2.42. The van der Waals surface area contributed by atoms with E-state index in [9.17, 15) is 9.90 Å². The number of hydrogen-bond donors (Lipinski definition) is 2. The van der Waals surface area contributed by atoms with Gasteiger partial charge in [-0.2, -0.15) is 0 Å². The number of halogens is 1. The zero-order valence-electron chi connectivity index (χ0n) is 16.5. The van der Waals surface area contributed by atoms with Crippen molar-refractivity contribution in [2.75, 3.05) is 0 Å². The van der Waals surface area contributed by atoms with E-state index >= 15 is 0 Å². The number of aromatic nitrogens is 4. The third-order valence-corrected chi connectivity index (χ3v) is 6.32. The smallest absolute Gasteiger partial charge is 0.270 e. The fraction of sp³-hybridized carbons (Fsp3) is 0.429. The molecule has 152 valence electrons. The predicted molar refractivity (Wildman–Crippen MR) is 114 cm³/mol. The Hall–Kier alpha value is -2.32. The summed E-state index contributed by atoms with van der Waals surface area (Å²) in [4.78, 5) is 26.3. The lowest BCUT2D eigenvalue weighted by Gasteiger charge is -2.36. The van der Waals surface area contributed by atoms with E-state index < -0.39 is 5.60 Å². The molecule has 29 heavy (non-hydrogen) atoms. The number of amides is 1. The zero-order valence-corrected chi connectivity index (χ0v) is 18.1. The van der Waals surface area contributed by atoms with Crippen molar-refractivity contribution in [1.82, 2.24) is 24.8 Å². The standard InChI is InChI=1S/C21H24BrN5O2/c1-21(2,29)13-6-8-14(9-7-13)24-19(28)18-15-4-3-5-16(22)17(15)25-20(26-18)27-11-10-23-12-27/h3-5,10-14,29H,6-9H2,1-2H3,(H,24,28). The molecule has 7 nitrogen and oxygen atoms in total. The van der Waals surface area contributed by atoms with Crippen molar-refractivity contribution >= 4 is 32.7 Å². The van der Waals surface area contributed by atoms with E-state index in [1.807, 2.05) is 32.0 Å². The average Bonchev–Trinajstić information content (AvgIpc) is 3.22. The molecule has 0 bridgehead atoms. The van der Waals surface area contributed by atoms with Crippen LogP contribution in [0.15, 0.2) is 41.4 Å². The van der Waals surface area contributed by atoms with Crippen molar-refractivity contribution in [3.05, 3.63) is 47.1 Å². The lowest BCUT2D eigenvalue weighted by molar-refractivity contribution is -0.00258. The second kappa shape index (κ2) is 7.84. The molecule has 0 atom stereocenters. The summed E-state index contributed by atoms with van der Waals surface area (Å²) in [6, 6.07) is 5.71. The van der Waals surface area contributed by atoms with Gasteiger partial charge in [-0.05, 0) is 67.4 Å². The Morgan fingerprint density at radius 2 is 2.00 bits per heavy atom. The minimum absolute atomic E-state index is 0.0787. The number of benzene rings is 1. The van der Waals surface area contributed by atoms with Crippen LogP contribution in [0.25, 0.3) is 16.9 Å². The van der Waals surface area contributed by atoms with Crippen molar-refractivity contribution < 1.29 is 9.90 Å². The van der Waals surface area contributed by atoms with Crippen LogP contribution < -0.4 is 5.32 Å². The van der Waals surface area contributed by atoms with Gasteiger partial charge in [0.2, 0.25) is 5.95 Å². The van der Waals surface area contributed by atoms with Crippen LogP contribution in [0.3, 0.4) is 0 Å². The van der Waals surface area contributed by atoms with Gasteiger partial charge in [0.1, 0.15) is 12.0 Å². The molecule has 2 aromatic heterocycles. The van der Waals surface area contributed by atoms with Crippen LogP contribution in [0, 0.1) is 5.92 Å². The Kier molecular flexibility index (Phi) is 5.40. The fourth-order valence-corrected chi connectivity index (χ4v) is 4.42. The van der Waals surface area contributed by atoms with Gasteiger partial charge in [0, 0.05) is 28.3 Å². The summed E-state index contributed by atoms with van der Waals surface area (Å²) in [5, 5.41) is 14.1. The molecule has 1 fully saturated rings. The maximum atomic E-state index is 13.1. The second-order valence-corrected chi connectivity index (χ2v) is 9.01. The Morgan fingerprint density at radius 1 is 1.24 bits per heavy atom. The molecule has 0 unspecified atom stereocenters. The molecule has 0 saturated heterocycles. The van der Waals surface area contributed by atoms with Crippen LogP contribution in [-0.4, -0.2) is 42.2 Å². The first-order chi connectivity index (χ1) is 13.8. The molecule has 0 spiro atoms. The number of fused-ring (bicyclic) bond motifs is 1. The largest absolute Gasteiger partial charge is 0.390 e. The summed E-state index contributed by atoms with van der Waals surface area (Å²) in [6.45, 7) is 3.72. The van der Waals surface area contributed by atoms with Crippen LogP contribution in [-0.2, 0) is 0 Å². The number of hydrogen-bond acceptors (Lipinski definition) is 5. The molecule has 1 aliphatic rings. The van der Waals surface area contributed by atoms with E-state index in [0.717, 1.165) is 30.2 Å². The molecule has 2 heterocycles. The normalized spacial score (nSPS) is 20.0. The molecule has 8 heteroatoms. The van der Waals surface area contributed by atoms with E-state index in [1.165, 1.54) is 0 Å². The second-order valence-electron chi connectivity index (χ2n) is 8.15. The number of para-hydroxylation sites is 1. The molecule has 1 saturated carbocycles. The molecule has 0 radical (unpaired) electrons. The van der Waals surface area contributed by atoms with Crippen LogP contribution in [0.5, 0.6) is 0 Å². The van der Waals surface area contributed by atoms with Crippen molar-refractivity contribution in [2.45, 2.75) is 51.2 Å². The third-order valence-electron chi connectivity index (χ3n) is 5.68. The number of rotatable bonds is 4. The van der Waals surface area contributed by atoms with Crippen LogP contribution in [0.1, 0.15) is 50.0 Å². The van der Waals surface area contributed by atoms with Crippen molar-refractivity contribution in [3.63, 3.8) is 0 Å². The summed E-state index contributed by atoms with van der Waals surface area (Å²) < 4.78 is 2.49. The highest BCUT2D eigenvalue weighted by molar-refractivity contribution is 9.10. The van der Waals surface area contributed by atoms with E-state index in [0.29, 0.717) is 22.5 Å². The first kappa shape index (κ1) is 20.0. The molecule has 4 rings (SSSR count). The summed E-state index contributed by atoms with van der Waals surface area (Å²) in [7, 11) is 0. The molecule has 3 aromatic rings. The first-order valence-electron chi connectivity index (χ1n) is 9.81. The molecule has 1 amide bonds. The Labute approximate surface area is 177 Å². The number of nitrogens with one attached hydrogen (secondary N) is 1. The first-order valence-corrected chi connectivity index (χ1v) is 10.6. The van der Waals surface area contributed by atoms with E-state index in [4.69, 9.17) is 0 Å². The fourth-order valence-electron chi connectivity index (χ4n) is 3.97. The molecule has 1 aromatic carbocycles. The number of nitrogens with zero attached hydrogens (tertiary/aromatic N) is 4. The third kappa shape index (κ3) is 4.18. The minimum Gasteiger partial charge on any atom is -0.390 e. The van der Waals surface area contributed by atoms with Gasteiger partial charge in [0.15, 0.2) is 0 Å². The summed E-state index contributed by atoms with van der Waals surface area (Å²) in [6.07, 6.45) is 8.49. The lowest BCUT2D eigenvalue weighted by atomic mass is 9.77. The highest BCUT2D eigenvalue weighted by atomic mass is 79.9. The monoisotopic (exact) mass is 457 g/mol. The predicted octanol–water partition coefficient (Wildman–Crippen LogP) is 3.64. The van der Waals surface area contributed by atoms with Gasteiger partial charge in [-0.15, -0.1) is 0 Å². The number of aliphatic hydroxyl groups is 1. The van der Waals surface area contributed by atoms with Crippen molar-refractivity contribution in [3.8, 4) is 5.95 Å². The summed E-state index contributed by atoms with van der Waals surface area (Å²) in [5.41, 5.74) is 0.357. The molecule has 0 aliphatic heterocycles. The Balaban J connectivity index is 1.61. The molecular weight excluding hydrogens is 434 g/mol. The van der Waals surface area contributed by atoms with Crippen molar-refractivity contribution in [2.24, 2.45) is 5.92 Å². The van der Waals surface area contributed by atoms with Crippen molar-refractivity contribution in [1.29, 1.82) is 0 Å². The summed E-state index contributed by atoms with van der Waals surface area (Å²) in [5.74, 6) is 0.459. The topological polar surface area (TPSA) is 92.9 Å². The van der Waals surface area contributed by atoms with Crippen LogP contribution in [0.4, 0.5) is 0 Å². The Bertz CT molecular complexity index is 1020. The van der Waals surface area contributed by atoms with Gasteiger partial charge in [0.05, 0.1) is 11.1 Å². The maximum absolute atomic E-state index is 13.1. The van der Waals surface area contributed by atoms with Gasteiger partial charge in [-0.1, -0.05) is 12.1 Å². The highest BCUT2D eigenvalue weighted by Crippen LogP contribution is 2.33. The van der Waals surface area contributed by atoms with Crippen LogP contribution in [0.2, 0.25) is 0 Å². The van der Waals surface area contributed by atoms with Gasteiger partial charge in [-0.3, -0.25) is 9.36 Å². The number of carbonyl (C=O) groups is 1. The quantitative estimate of drug-likeness (QED) is 0.623. The summed E-state index contributed by atoms with van der Waals surface area (Å²) >= 11 is 3.53. The highest BCUT2D eigenvalue weighted by Gasteiger charge is 2.32.